The van der Waals surface area contributed by atoms with E-state index in [0.717, 1.165) is 18.7 Å². The summed E-state index contributed by atoms with van der Waals surface area (Å²) in [6.45, 7) is 4.05. The molecule has 16 heavy (non-hydrogen) atoms. The van der Waals surface area contributed by atoms with Crippen LogP contribution in [0, 0.1) is 5.41 Å². The van der Waals surface area contributed by atoms with Crippen LogP contribution in [0.25, 0.3) is 0 Å². The van der Waals surface area contributed by atoms with Gasteiger partial charge >= 0.3 is 0 Å². The summed E-state index contributed by atoms with van der Waals surface area (Å²) in [6, 6.07) is 0. The summed E-state index contributed by atoms with van der Waals surface area (Å²) in [4.78, 5) is 13.4. The zero-order valence-corrected chi connectivity index (χ0v) is 9.96. The lowest BCUT2D eigenvalue weighted by Gasteiger charge is -2.20. The second-order valence-corrected chi connectivity index (χ2v) is 5.26. The van der Waals surface area contributed by atoms with Crippen LogP contribution in [0.4, 0.5) is 5.00 Å². The highest BCUT2D eigenvalue weighted by Gasteiger charge is 2.38. The van der Waals surface area contributed by atoms with Gasteiger partial charge in [0.05, 0.1) is 5.41 Å². The minimum Gasteiger partial charge on any atom is -0.388 e. The summed E-state index contributed by atoms with van der Waals surface area (Å²) in [6.07, 6.45) is 0.791. The molecule has 0 radical (unpaired) electrons. The number of primary amides is 1. The quantitative estimate of drug-likeness (QED) is 0.764. The maximum Gasteiger partial charge on any atom is 0.224 e. The van der Waals surface area contributed by atoms with E-state index in [9.17, 15) is 4.79 Å². The lowest BCUT2D eigenvalue weighted by atomic mass is 9.89. The number of carbonyl (C=O) groups excluding carboxylic acids is 1. The van der Waals surface area contributed by atoms with Gasteiger partial charge in [-0.15, -0.1) is 5.10 Å². The Kier molecular flexibility index (Phi) is 2.81. The lowest BCUT2D eigenvalue weighted by molar-refractivity contribution is -0.126. The Morgan fingerprint density at radius 3 is 2.94 bits per heavy atom. The zero-order chi connectivity index (χ0) is 11.8. The third-order valence-electron chi connectivity index (χ3n) is 3.11. The average molecular weight is 241 g/mol. The molecular weight excluding hydrogens is 226 g/mol. The Balaban J connectivity index is 2.00. The molecule has 88 valence electrons. The number of nitrogens with two attached hydrogens (primary N) is 2. The molecular formula is C9H15N5OS. The number of rotatable bonds is 3. The van der Waals surface area contributed by atoms with E-state index in [0.29, 0.717) is 18.1 Å². The topological polar surface area (TPSA) is 98.1 Å². The number of nitrogens with zero attached hydrogens (tertiary/aromatic N) is 3. The number of hydrogen-bond acceptors (Lipinski definition) is 6. The molecule has 6 nitrogen and oxygen atoms in total. The number of hydrogen-bond donors (Lipinski definition) is 2. The van der Waals surface area contributed by atoms with E-state index in [2.05, 4.69) is 14.5 Å². The first-order valence-electron chi connectivity index (χ1n) is 5.10. The maximum atomic E-state index is 11.3. The molecule has 2 heterocycles. The summed E-state index contributed by atoms with van der Waals surface area (Å²) in [5, 5.41) is 4.60. The highest BCUT2D eigenvalue weighted by molar-refractivity contribution is 7.09. The van der Waals surface area contributed by atoms with Crippen molar-refractivity contribution in [2.45, 2.75) is 19.9 Å². The molecule has 2 rings (SSSR count). The van der Waals surface area contributed by atoms with Gasteiger partial charge in [0.2, 0.25) is 5.91 Å². The van der Waals surface area contributed by atoms with Gasteiger partial charge < -0.3 is 11.5 Å². The highest BCUT2D eigenvalue weighted by atomic mass is 32.1. The molecule has 1 aliphatic rings. The van der Waals surface area contributed by atoms with Crippen LogP contribution in [-0.2, 0) is 11.3 Å². The molecule has 4 N–H and O–H groups in total. The maximum absolute atomic E-state index is 11.3. The first kappa shape index (κ1) is 11.3. The van der Waals surface area contributed by atoms with Crippen molar-refractivity contribution in [3.63, 3.8) is 0 Å². The second-order valence-electron chi connectivity index (χ2n) is 4.47. The van der Waals surface area contributed by atoms with Gasteiger partial charge in [-0.05, 0) is 19.9 Å². The molecule has 0 bridgehead atoms. The van der Waals surface area contributed by atoms with Gasteiger partial charge in [-0.2, -0.15) is 0 Å². The van der Waals surface area contributed by atoms with Crippen LogP contribution in [0.3, 0.4) is 0 Å². The minimum absolute atomic E-state index is 0.237. The number of anilines is 1. The molecule has 1 amide bonds. The summed E-state index contributed by atoms with van der Waals surface area (Å²) < 4.78 is 3.78. The third kappa shape index (κ3) is 2.00. The van der Waals surface area contributed by atoms with Gasteiger partial charge in [0, 0.05) is 24.6 Å². The van der Waals surface area contributed by atoms with Crippen molar-refractivity contribution < 1.29 is 4.79 Å². The van der Waals surface area contributed by atoms with Gasteiger partial charge in [-0.3, -0.25) is 9.69 Å². The molecule has 1 aliphatic heterocycles. The van der Waals surface area contributed by atoms with Crippen LogP contribution in [0.1, 0.15) is 19.0 Å². The van der Waals surface area contributed by atoms with E-state index in [1.165, 1.54) is 11.5 Å². The van der Waals surface area contributed by atoms with E-state index in [4.69, 9.17) is 11.5 Å². The van der Waals surface area contributed by atoms with E-state index < -0.39 is 5.41 Å². The van der Waals surface area contributed by atoms with E-state index in [1.807, 2.05) is 6.92 Å². The molecule has 1 fully saturated rings. The largest absolute Gasteiger partial charge is 0.388 e. The number of amides is 1. The van der Waals surface area contributed by atoms with Crippen molar-refractivity contribution >= 4 is 22.4 Å². The fraction of sp³-hybridized carbons (Fsp3) is 0.667. The van der Waals surface area contributed by atoms with Crippen molar-refractivity contribution in [1.29, 1.82) is 0 Å². The van der Waals surface area contributed by atoms with E-state index in [1.54, 1.807) is 0 Å². The molecule has 0 aromatic carbocycles. The van der Waals surface area contributed by atoms with Crippen LogP contribution in [0.5, 0.6) is 0 Å². The number of carbonyl (C=O) groups is 1. The Hall–Kier alpha value is -1.21. The van der Waals surface area contributed by atoms with E-state index in [-0.39, 0.29) is 5.91 Å². The van der Waals surface area contributed by atoms with Crippen LogP contribution in [0.2, 0.25) is 0 Å². The monoisotopic (exact) mass is 241 g/mol. The molecule has 7 heteroatoms. The van der Waals surface area contributed by atoms with Crippen molar-refractivity contribution in [3.8, 4) is 0 Å². The SMILES string of the molecule is CC1(C(N)=O)CCN(Cc2nnsc2N)C1. The third-order valence-corrected chi connectivity index (χ3v) is 3.70. The molecule has 0 spiro atoms. The fourth-order valence-electron chi connectivity index (χ4n) is 1.93. The predicted molar refractivity (Wildman–Crippen MR) is 61.5 cm³/mol. The van der Waals surface area contributed by atoms with Gasteiger partial charge in [-0.25, -0.2) is 0 Å². The molecule has 1 aromatic heterocycles. The zero-order valence-electron chi connectivity index (χ0n) is 9.14. The van der Waals surface area contributed by atoms with E-state index >= 15 is 0 Å². The molecule has 0 saturated carbocycles. The molecule has 1 unspecified atom stereocenters. The second kappa shape index (κ2) is 3.99. The number of aromatic nitrogens is 2. The Bertz CT molecular complexity index is 406. The number of likely N-dealkylation sites (tertiary alicyclic amines) is 1. The summed E-state index contributed by atoms with van der Waals surface area (Å²) in [7, 11) is 0. The van der Waals surface area contributed by atoms with Gasteiger partial charge in [0.1, 0.15) is 10.7 Å². The van der Waals surface area contributed by atoms with Crippen molar-refractivity contribution in [3.05, 3.63) is 5.69 Å². The molecule has 1 aromatic rings. The van der Waals surface area contributed by atoms with Crippen LogP contribution in [-0.4, -0.2) is 33.5 Å². The Morgan fingerprint density at radius 2 is 2.44 bits per heavy atom. The lowest BCUT2D eigenvalue weighted by Crippen LogP contribution is -2.37. The standard InChI is InChI=1S/C9H15N5OS/c1-9(8(11)15)2-3-14(5-9)4-6-7(10)16-13-12-6/h2-5,10H2,1H3,(H2,11,15). The highest BCUT2D eigenvalue weighted by Crippen LogP contribution is 2.30. The van der Waals surface area contributed by atoms with Gasteiger partial charge in [0.25, 0.3) is 0 Å². The Morgan fingerprint density at radius 1 is 1.69 bits per heavy atom. The Labute approximate surface area is 97.8 Å². The summed E-state index contributed by atoms with van der Waals surface area (Å²) in [5.74, 6) is -0.237. The smallest absolute Gasteiger partial charge is 0.224 e. The van der Waals surface area contributed by atoms with Crippen LogP contribution >= 0.6 is 11.5 Å². The molecule has 0 aliphatic carbocycles. The minimum atomic E-state index is -0.418. The van der Waals surface area contributed by atoms with Gasteiger partial charge in [0.15, 0.2) is 0 Å². The van der Waals surface area contributed by atoms with Crippen molar-refractivity contribution in [2.75, 3.05) is 18.8 Å². The number of nitrogen functional groups attached to an aromatic ring is 1. The van der Waals surface area contributed by atoms with Gasteiger partial charge in [-0.1, -0.05) is 4.49 Å². The summed E-state index contributed by atoms with van der Waals surface area (Å²) >= 11 is 1.19. The predicted octanol–water partition coefficient (Wildman–Crippen LogP) is -0.182. The van der Waals surface area contributed by atoms with Crippen molar-refractivity contribution in [1.82, 2.24) is 14.5 Å². The summed E-state index contributed by atoms with van der Waals surface area (Å²) in [5.41, 5.74) is 11.5. The van der Waals surface area contributed by atoms with Crippen LogP contribution < -0.4 is 11.5 Å². The normalized spacial score (nSPS) is 26.1. The molecule has 1 atom stereocenters. The first-order valence-corrected chi connectivity index (χ1v) is 5.87. The van der Waals surface area contributed by atoms with Crippen LogP contribution in [0.15, 0.2) is 0 Å². The fourth-order valence-corrected chi connectivity index (χ4v) is 2.37. The first-order chi connectivity index (χ1) is 7.51. The molecule has 1 saturated heterocycles. The average Bonchev–Trinajstić information content (AvgIpc) is 2.77. The van der Waals surface area contributed by atoms with Crippen molar-refractivity contribution in [2.24, 2.45) is 11.1 Å².